The van der Waals surface area contributed by atoms with Gasteiger partial charge in [0.15, 0.2) is 5.34 Å². The van der Waals surface area contributed by atoms with Crippen molar-refractivity contribution in [3.8, 4) is 0 Å². The van der Waals surface area contributed by atoms with Crippen molar-refractivity contribution >= 4 is 17.6 Å². The number of nitrogens with zero attached hydrogens (tertiary/aromatic N) is 2. The Bertz CT molecular complexity index is 304. The molecule has 1 heterocycles. The number of aromatic carboxylic acids is 1. The second-order valence-electron chi connectivity index (χ2n) is 1.74. The van der Waals surface area contributed by atoms with Gasteiger partial charge in [-0.15, -0.1) is 4.91 Å². The molecule has 7 heteroatoms. The van der Waals surface area contributed by atoms with E-state index in [-0.39, 0.29) is 10.6 Å². The smallest absolute Gasteiger partial charge is 0.337 e. The van der Waals surface area contributed by atoms with Gasteiger partial charge >= 0.3 is 5.97 Å². The molecule has 1 rings (SSSR count). The molecule has 0 saturated heterocycles. The second kappa shape index (κ2) is 5.90. The highest BCUT2D eigenvalue weighted by Gasteiger charge is 2.05. The first-order chi connectivity index (χ1) is 6.13. The van der Waals surface area contributed by atoms with Gasteiger partial charge in [-0.3, -0.25) is 4.98 Å². The lowest BCUT2D eigenvalue weighted by atomic mass is 10.3. The zero-order valence-electron chi connectivity index (χ0n) is 6.22. The van der Waals surface area contributed by atoms with Crippen LogP contribution in [-0.2, 0) is 0 Å². The van der Waals surface area contributed by atoms with E-state index in [0.29, 0.717) is 0 Å². The van der Waals surface area contributed by atoms with E-state index >= 15 is 0 Å². The van der Waals surface area contributed by atoms with Gasteiger partial charge in [0.2, 0.25) is 0 Å². The summed E-state index contributed by atoms with van der Waals surface area (Å²) in [6.45, 7) is 0. The molecule has 1 aromatic heterocycles. The number of hydrogen-bond acceptors (Lipinski definition) is 4. The minimum absolute atomic E-state index is 0.0802. The predicted molar refractivity (Wildman–Crippen MR) is 43.8 cm³/mol. The SMILES string of the molecule is O=C(O)c1ccncc1Cl.O=NO. The van der Waals surface area contributed by atoms with Crippen molar-refractivity contribution in [2.45, 2.75) is 0 Å². The molecule has 0 spiro atoms. The highest BCUT2D eigenvalue weighted by atomic mass is 35.5. The summed E-state index contributed by atoms with van der Waals surface area (Å²) in [4.78, 5) is 22.1. The van der Waals surface area contributed by atoms with Gasteiger partial charge in [-0.2, -0.15) is 0 Å². The molecule has 6 nitrogen and oxygen atoms in total. The summed E-state index contributed by atoms with van der Waals surface area (Å²) in [7, 11) is 0. The monoisotopic (exact) mass is 204 g/mol. The van der Waals surface area contributed by atoms with Crippen LogP contribution in [0.5, 0.6) is 0 Å². The molecule has 1 aromatic rings. The van der Waals surface area contributed by atoms with Crippen LogP contribution in [0.25, 0.3) is 0 Å². The molecule has 13 heavy (non-hydrogen) atoms. The summed E-state index contributed by atoms with van der Waals surface area (Å²) in [5, 5.41) is 16.5. The van der Waals surface area contributed by atoms with Crippen molar-refractivity contribution < 1.29 is 15.1 Å². The molecule has 0 saturated carbocycles. The van der Waals surface area contributed by atoms with Gasteiger partial charge in [0.05, 0.1) is 10.6 Å². The Labute approximate surface area is 77.7 Å². The first kappa shape index (κ1) is 11.3. The van der Waals surface area contributed by atoms with Crippen molar-refractivity contribution in [2.24, 2.45) is 5.34 Å². The predicted octanol–water partition coefficient (Wildman–Crippen LogP) is 1.58. The zero-order chi connectivity index (χ0) is 10.3. The van der Waals surface area contributed by atoms with Gasteiger partial charge < -0.3 is 10.3 Å². The largest absolute Gasteiger partial charge is 0.478 e. The Morgan fingerprint density at radius 3 is 2.46 bits per heavy atom. The van der Waals surface area contributed by atoms with Crippen LogP contribution in [0, 0.1) is 4.91 Å². The van der Waals surface area contributed by atoms with E-state index in [1.54, 1.807) is 0 Å². The Kier molecular flexibility index (Phi) is 5.13. The van der Waals surface area contributed by atoms with Crippen LogP contribution in [-0.4, -0.2) is 21.3 Å². The minimum Gasteiger partial charge on any atom is -0.478 e. The number of halogens is 1. The third kappa shape index (κ3) is 4.02. The molecule has 0 atom stereocenters. The second-order valence-corrected chi connectivity index (χ2v) is 2.15. The van der Waals surface area contributed by atoms with Crippen LogP contribution >= 0.6 is 11.6 Å². The van der Waals surface area contributed by atoms with E-state index in [2.05, 4.69) is 4.98 Å². The number of hydrogen-bond donors (Lipinski definition) is 2. The van der Waals surface area contributed by atoms with Crippen LogP contribution in [0.1, 0.15) is 10.4 Å². The van der Waals surface area contributed by atoms with E-state index < -0.39 is 5.97 Å². The van der Waals surface area contributed by atoms with Gasteiger partial charge in [0, 0.05) is 12.4 Å². The summed E-state index contributed by atoms with van der Waals surface area (Å²) in [6.07, 6.45) is 2.68. The molecule has 2 N–H and O–H groups in total. The van der Waals surface area contributed by atoms with Gasteiger partial charge in [-0.1, -0.05) is 11.6 Å². The lowest BCUT2D eigenvalue weighted by Crippen LogP contribution is -1.96. The Hall–Kier alpha value is -1.69. The van der Waals surface area contributed by atoms with Gasteiger partial charge in [-0.25, -0.2) is 4.79 Å². The maximum Gasteiger partial charge on any atom is 0.337 e. The number of aromatic nitrogens is 1. The summed E-state index contributed by atoms with van der Waals surface area (Å²) in [5.74, 6) is -1.03. The van der Waals surface area contributed by atoms with E-state index in [1.165, 1.54) is 23.8 Å². The van der Waals surface area contributed by atoms with Crippen molar-refractivity contribution in [3.05, 3.63) is 34.0 Å². The fourth-order valence-electron chi connectivity index (χ4n) is 0.549. The molecule has 0 aromatic carbocycles. The number of carboxylic acids is 1. The molecular formula is C6H5ClN2O4. The molecule has 0 amide bonds. The quantitative estimate of drug-likeness (QED) is 0.534. The Balaban J connectivity index is 0.000000424. The van der Waals surface area contributed by atoms with E-state index in [9.17, 15) is 4.79 Å². The highest BCUT2D eigenvalue weighted by Crippen LogP contribution is 2.12. The van der Waals surface area contributed by atoms with E-state index in [0.717, 1.165) is 0 Å². The number of rotatable bonds is 1. The summed E-state index contributed by atoms with van der Waals surface area (Å²) >= 11 is 5.48. The van der Waals surface area contributed by atoms with E-state index in [4.69, 9.17) is 26.8 Å². The van der Waals surface area contributed by atoms with Crippen LogP contribution in [0.2, 0.25) is 5.02 Å². The molecule has 0 fully saturated rings. The maximum atomic E-state index is 10.3. The first-order valence-corrected chi connectivity index (χ1v) is 3.30. The third-order valence-electron chi connectivity index (χ3n) is 1.00. The van der Waals surface area contributed by atoms with Crippen LogP contribution in [0.3, 0.4) is 0 Å². The number of carbonyl (C=O) groups is 1. The molecule has 70 valence electrons. The first-order valence-electron chi connectivity index (χ1n) is 2.93. The minimum atomic E-state index is -1.03. The summed E-state index contributed by atoms with van der Waals surface area (Å²) in [5.41, 5.74) is 0.0802. The van der Waals surface area contributed by atoms with E-state index in [1.807, 2.05) is 0 Å². The highest BCUT2D eigenvalue weighted by molar-refractivity contribution is 6.33. The van der Waals surface area contributed by atoms with Gasteiger partial charge in [-0.05, 0) is 6.07 Å². The fourth-order valence-corrected chi connectivity index (χ4v) is 0.749. The normalized spacial score (nSPS) is 8.08. The molecule has 0 radical (unpaired) electrons. The van der Waals surface area contributed by atoms with Crippen LogP contribution in [0.15, 0.2) is 23.8 Å². The Morgan fingerprint density at radius 1 is 1.62 bits per heavy atom. The molecule has 0 bridgehead atoms. The number of carboxylic acid groups (broad SMARTS) is 1. The standard InChI is InChI=1S/C6H4ClNO2.HNO2/c7-5-3-8-2-1-4(5)6(9)10;2-1-3/h1-3H,(H,9,10);(H,2,3). The lowest BCUT2D eigenvalue weighted by Gasteiger charge is -1.93. The fraction of sp³-hybridized carbons (Fsp3) is 0. The number of pyridine rings is 1. The van der Waals surface area contributed by atoms with Crippen molar-refractivity contribution in [1.82, 2.24) is 4.98 Å². The maximum absolute atomic E-state index is 10.3. The van der Waals surface area contributed by atoms with Crippen molar-refractivity contribution in [3.63, 3.8) is 0 Å². The molecular weight excluding hydrogens is 200 g/mol. The molecule has 0 unspecified atom stereocenters. The van der Waals surface area contributed by atoms with Crippen LogP contribution in [0.4, 0.5) is 0 Å². The molecule has 0 aliphatic carbocycles. The lowest BCUT2D eigenvalue weighted by molar-refractivity contribution is 0.0697. The third-order valence-corrected chi connectivity index (χ3v) is 1.30. The van der Waals surface area contributed by atoms with Crippen LogP contribution < -0.4 is 0 Å². The Morgan fingerprint density at radius 2 is 2.15 bits per heavy atom. The topological polar surface area (TPSA) is 99.8 Å². The van der Waals surface area contributed by atoms with Gasteiger partial charge in [0.25, 0.3) is 0 Å². The summed E-state index contributed by atoms with van der Waals surface area (Å²) in [6, 6.07) is 1.35. The van der Waals surface area contributed by atoms with Crippen molar-refractivity contribution in [2.75, 3.05) is 0 Å². The average molecular weight is 205 g/mol. The van der Waals surface area contributed by atoms with Gasteiger partial charge in [0.1, 0.15) is 0 Å². The summed E-state index contributed by atoms with van der Waals surface area (Å²) < 4.78 is 0. The zero-order valence-corrected chi connectivity index (χ0v) is 6.97. The van der Waals surface area contributed by atoms with Crippen molar-refractivity contribution in [1.29, 1.82) is 0 Å². The molecule has 0 aliphatic rings. The molecule has 0 aliphatic heterocycles. The average Bonchev–Trinajstić information content (AvgIpc) is 2.06.